The lowest BCUT2D eigenvalue weighted by Gasteiger charge is -2.25. The molecule has 25 heavy (non-hydrogen) atoms. The van der Waals surface area contributed by atoms with Crippen LogP contribution in [0.4, 0.5) is 4.79 Å². The molecule has 0 aliphatic heterocycles. The van der Waals surface area contributed by atoms with Crippen molar-refractivity contribution >= 4 is 6.03 Å². The van der Waals surface area contributed by atoms with Crippen LogP contribution in [-0.2, 0) is 0 Å². The van der Waals surface area contributed by atoms with E-state index < -0.39 is 0 Å². The van der Waals surface area contributed by atoms with Crippen molar-refractivity contribution in [3.05, 3.63) is 65.7 Å². The predicted octanol–water partition coefficient (Wildman–Crippen LogP) is 4.84. The van der Waals surface area contributed by atoms with Crippen LogP contribution in [0, 0.1) is 5.92 Å². The van der Waals surface area contributed by atoms with Crippen molar-refractivity contribution in [3.8, 4) is 5.75 Å². The highest BCUT2D eigenvalue weighted by atomic mass is 16.5. The molecule has 0 aliphatic carbocycles. The number of rotatable bonds is 7. The molecule has 0 saturated carbocycles. The summed E-state index contributed by atoms with van der Waals surface area (Å²) in [5.41, 5.74) is 2.18. The van der Waals surface area contributed by atoms with E-state index in [1.807, 2.05) is 54.6 Å². The summed E-state index contributed by atoms with van der Waals surface area (Å²) in [6.07, 6.45) is 0.817. The van der Waals surface area contributed by atoms with E-state index in [4.69, 9.17) is 4.74 Å². The molecule has 2 N–H and O–H groups in total. The zero-order valence-electron chi connectivity index (χ0n) is 15.5. The van der Waals surface area contributed by atoms with Gasteiger partial charge in [0.1, 0.15) is 5.75 Å². The summed E-state index contributed by atoms with van der Waals surface area (Å²) >= 11 is 0. The molecule has 2 aromatic rings. The van der Waals surface area contributed by atoms with Gasteiger partial charge in [0, 0.05) is 0 Å². The number of benzene rings is 2. The fraction of sp³-hybridized carbons (Fsp3) is 0.381. The Labute approximate surface area is 150 Å². The highest BCUT2D eigenvalue weighted by Gasteiger charge is 2.20. The van der Waals surface area contributed by atoms with Crippen LogP contribution in [0.15, 0.2) is 54.6 Å². The van der Waals surface area contributed by atoms with Crippen molar-refractivity contribution in [3.63, 3.8) is 0 Å². The molecule has 0 fully saturated rings. The predicted molar refractivity (Wildman–Crippen MR) is 102 cm³/mol. The number of hydrogen-bond donors (Lipinski definition) is 2. The van der Waals surface area contributed by atoms with E-state index in [1.54, 1.807) is 7.11 Å². The summed E-state index contributed by atoms with van der Waals surface area (Å²) in [5.74, 6) is 1.11. The molecule has 0 saturated heterocycles. The van der Waals surface area contributed by atoms with Crippen molar-refractivity contribution in [2.24, 2.45) is 5.92 Å². The number of carbonyl (C=O) groups is 1. The molecule has 0 aliphatic rings. The minimum absolute atomic E-state index is 0.0189. The van der Waals surface area contributed by atoms with E-state index in [2.05, 4.69) is 31.4 Å². The van der Waals surface area contributed by atoms with E-state index in [9.17, 15) is 4.79 Å². The largest absolute Gasteiger partial charge is 0.497 e. The van der Waals surface area contributed by atoms with E-state index in [0.717, 1.165) is 23.3 Å². The summed E-state index contributed by atoms with van der Waals surface area (Å²) in [5, 5.41) is 6.20. The molecule has 0 bridgehead atoms. The summed E-state index contributed by atoms with van der Waals surface area (Å²) in [6, 6.07) is 17.7. The second-order valence-corrected chi connectivity index (χ2v) is 6.48. The van der Waals surface area contributed by atoms with Gasteiger partial charge in [-0.25, -0.2) is 4.79 Å². The van der Waals surface area contributed by atoms with Crippen LogP contribution in [-0.4, -0.2) is 13.1 Å². The number of nitrogens with one attached hydrogen (secondary N) is 2. The zero-order valence-corrected chi connectivity index (χ0v) is 15.5. The first-order chi connectivity index (χ1) is 12.0. The van der Waals surface area contributed by atoms with E-state index >= 15 is 0 Å². The van der Waals surface area contributed by atoms with Crippen molar-refractivity contribution in [1.29, 1.82) is 0 Å². The summed E-state index contributed by atoms with van der Waals surface area (Å²) in [7, 11) is 1.65. The molecular weight excluding hydrogens is 312 g/mol. The summed E-state index contributed by atoms with van der Waals surface area (Å²) in [6.45, 7) is 6.28. The molecule has 2 amide bonds. The Morgan fingerprint density at radius 3 is 2.12 bits per heavy atom. The van der Waals surface area contributed by atoms with Gasteiger partial charge in [0.15, 0.2) is 0 Å². The Balaban J connectivity index is 2.05. The van der Waals surface area contributed by atoms with Crippen LogP contribution < -0.4 is 15.4 Å². The smallest absolute Gasteiger partial charge is 0.315 e. The zero-order chi connectivity index (χ0) is 18.2. The molecule has 0 aromatic heterocycles. The van der Waals surface area contributed by atoms with Crippen LogP contribution >= 0.6 is 0 Å². The maximum atomic E-state index is 12.6. The van der Waals surface area contributed by atoms with Crippen molar-refractivity contribution in [1.82, 2.24) is 10.6 Å². The maximum absolute atomic E-state index is 12.6. The highest BCUT2D eigenvalue weighted by molar-refractivity contribution is 5.75. The Bertz CT molecular complexity index is 653. The topological polar surface area (TPSA) is 50.4 Å². The van der Waals surface area contributed by atoms with E-state index in [0.29, 0.717) is 5.92 Å². The standard InChI is InChI=1S/C21H28N2O2/c1-5-19(16-11-13-18(25-4)14-12-16)22-21(24)23-20(15(2)3)17-9-7-6-8-10-17/h6-15,19-20H,5H2,1-4H3,(H2,22,23,24). The van der Waals surface area contributed by atoms with Crippen molar-refractivity contribution in [2.75, 3.05) is 7.11 Å². The Kier molecular flexibility index (Phi) is 6.87. The number of hydrogen-bond acceptors (Lipinski definition) is 2. The Morgan fingerprint density at radius 2 is 1.60 bits per heavy atom. The Hall–Kier alpha value is -2.49. The van der Waals surface area contributed by atoms with Crippen molar-refractivity contribution < 1.29 is 9.53 Å². The van der Waals surface area contributed by atoms with Gasteiger partial charge in [0.05, 0.1) is 19.2 Å². The van der Waals surface area contributed by atoms with Crippen LogP contribution in [0.1, 0.15) is 50.4 Å². The lowest BCUT2D eigenvalue weighted by atomic mass is 9.96. The van der Waals surface area contributed by atoms with Gasteiger partial charge < -0.3 is 15.4 Å². The third-order valence-corrected chi connectivity index (χ3v) is 4.34. The van der Waals surface area contributed by atoms with Gasteiger partial charge >= 0.3 is 6.03 Å². The van der Waals surface area contributed by atoms with Crippen LogP contribution in [0.2, 0.25) is 0 Å². The fourth-order valence-corrected chi connectivity index (χ4v) is 2.89. The fourth-order valence-electron chi connectivity index (χ4n) is 2.89. The molecule has 2 unspecified atom stereocenters. The van der Waals surface area contributed by atoms with Gasteiger partial charge in [-0.15, -0.1) is 0 Å². The summed E-state index contributed by atoms with van der Waals surface area (Å²) < 4.78 is 5.19. The van der Waals surface area contributed by atoms with Crippen LogP contribution in [0.3, 0.4) is 0 Å². The lowest BCUT2D eigenvalue weighted by molar-refractivity contribution is 0.229. The third kappa shape index (κ3) is 5.24. The molecule has 2 aromatic carbocycles. The van der Waals surface area contributed by atoms with Gasteiger partial charge in [0.25, 0.3) is 0 Å². The maximum Gasteiger partial charge on any atom is 0.315 e. The molecule has 4 heteroatoms. The molecule has 0 radical (unpaired) electrons. The first kappa shape index (κ1) is 18.8. The minimum atomic E-state index is -0.148. The second-order valence-electron chi connectivity index (χ2n) is 6.48. The minimum Gasteiger partial charge on any atom is -0.497 e. The van der Waals surface area contributed by atoms with Gasteiger partial charge in [-0.3, -0.25) is 0 Å². The van der Waals surface area contributed by atoms with E-state index in [-0.39, 0.29) is 18.1 Å². The number of amides is 2. The molecular formula is C21H28N2O2. The van der Waals surface area contributed by atoms with Crippen molar-refractivity contribution in [2.45, 2.75) is 39.3 Å². The van der Waals surface area contributed by atoms with Gasteiger partial charge in [-0.1, -0.05) is 63.2 Å². The van der Waals surface area contributed by atoms with Gasteiger partial charge in [0.2, 0.25) is 0 Å². The quantitative estimate of drug-likeness (QED) is 0.757. The molecule has 4 nitrogen and oxygen atoms in total. The average molecular weight is 340 g/mol. The van der Waals surface area contributed by atoms with Crippen LogP contribution in [0.25, 0.3) is 0 Å². The normalized spacial score (nSPS) is 13.2. The number of urea groups is 1. The van der Waals surface area contributed by atoms with Gasteiger partial charge in [-0.05, 0) is 35.6 Å². The number of ether oxygens (including phenoxy) is 1. The monoisotopic (exact) mass is 340 g/mol. The number of carbonyl (C=O) groups excluding carboxylic acids is 1. The first-order valence-electron chi connectivity index (χ1n) is 8.81. The third-order valence-electron chi connectivity index (χ3n) is 4.34. The molecule has 134 valence electrons. The van der Waals surface area contributed by atoms with E-state index in [1.165, 1.54) is 0 Å². The molecule has 2 rings (SSSR count). The lowest BCUT2D eigenvalue weighted by Crippen LogP contribution is -2.41. The average Bonchev–Trinajstić information content (AvgIpc) is 2.64. The Morgan fingerprint density at radius 1 is 0.960 bits per heavy atom. The molecule has 0 spiro atoms. The SMILES string of the molecule is CCC(NC(=O)NC(c1ccccc1)C(C)C)c1ccc(OC)cc1. The summed E-state index contributed by atoms with van der Waals surface area (Å²) in [4.78, 5) is 12.6. The molecule has 0 heterocycles. The molecule has 2 atom stereocenters. The number of methoxy groups -OCH3 is 1. The van der Waals surface area contributed by atoms with Crippen LogP contribution in [0.5, 0.6) is 5.75 Å². The first-order valence-corrected chi connectivity index (χ1v) is 8.81. The van der Waals surface area contributed by atoms with Gasteiger partial charge in [-0.2, -0.15) is 0 Å². The second kappa shape index (κ2) is 9.11. The highest BCUT2D eigenvalue weighted by Crippen LogP contribution is 2.23.